The second kappa shape index (κ2) is 13.7. The molecule has 0 aliphatic heterocycles. The smallest absolute Gasteiger partial charge is 0.143 e. The Hall–Kier alpha value is -7.68. The Balaban J connectivity index is 1.16. The first-order valence-corrected chi connectivity index (χ1v) is 21.2. The fourth-order valence-corrected chi connectivity index (χ4v) is 9.95. The van der Waals surface area contributed by atoms with Gasteiger partial charge in [-0.2, -0.15) is 0 Å². The lowest BCUT2D eigenvalue weighted by molar-refractivity contribution is 0.660. The summed E-state index contributed by atoms with van der Waals surface area (Å²) in [6.07, 6.45) is 0. The van der Waals surface area contributed by atoms with E-state index in [1.807, 2.05) is 0 Å². The number of benzene rings is 10. The zero-order valence-corrected chi connectivity index (χ0v) is 34.1. The van der Waals surface area contributed by atoms with Gasteiger partial charge in [-0.05, 0) is 115 Å². The number of hydrogen-bond acceptors (Lipinski definition) is 2. The highest BCUT2D eigenvalue weighted by atomic mass is 16.3. The van der Waals surface area contributed by atoms with Gasteiger partial charge in [-0.25, -0.2) is 0 Å². The van der Waals surface area contributed by atoms with Crippen LogP contribution in [0.3, 0.4) is 0 Å². The van der Waals surface area contributed by atoms with E-state index in [0.717, 1.165) is 55.5 Å². The van der Waals surface area contributed by atoms with Crippen molar-refractivity contribution in [1.82, 2.24) is 0 Å². The molecule has 0 bridgehead atoms. The summed E-state index contributed by atoms with van der Waals surface area (Å²) in [5, 5.41) is 6.88. The predicted octanol–water partition coefficient (Wildman–Crippen LogP) is 16.7. The summed E-state index contributed by atoms with van der Waals surface area (Å²) in [5.41, 5.74) is 17.2. The van der Waals surface area contributed by atoms with E-state index >= 15 is 0 Å². The molecular formula is C59H41NO. The standard InChI is InChI=1S/C59H41NO/c1-59(2)54-24-14-13-22-47(54)48-32-31-45(34-55(48)59)60(44-29-27-40(28-30-44)38-15-5-3-6-16-38)56-36-52-53-35-50(41-18-7-4-8-19-41)46-21-11-12-23-49(46)58(53)61-57(52)37-51(56)43-26-25-39-17-9-10-20-42(39)33-43/h3-37H,1-2H3. The van der Waals surface area contributed by atoms with Crippen molar-refractivity contribution < 1.29 is 4.42 Å². The highest BCUT2D eigenvalue weighted by Gasteiger charge is 2.36. The van der Waals surface area contributed by atoms with Crippen LogP contribution in [0.15, 0.2) is 217 Å². The minimum atomic E-state index is -0.161. The number of furan rings is 1. The predicted molar refractivity (Wildman–Crippen MR) is 257 cm³/mol. The molecule has 1 aromatic heterocycles. The molecule has 2 nitrogen and oxygen atoms in total. The maximum atomic E-state index is 7.02. The summed E-state index contributed by atoms with van der Waals surface area (Å²) in [7, 11) is 0. The molecule has 1 aliphatic carbocycles. The van der Waals surface area contributed by atoms with Crippen molar-refractivity contribution in [3.05, 3.63) is 223 Å². The van der Waals surface area contributed by atoms with Crippen molar-refractivity contribution in [2.45, 2.75) is 19.3 Å². The second-order valence-electron chi connectivity index (χ2n) is 16.9. The average molecular weight is 780 g/mol. The summed E-state index contributed by atoms with van der Waals surface area (Å²) in [5.74, 6) is 0. The Morgan fingerprint density at radius 2 is 0.984 bits per heavy atom. The van der Waals surface area contributed by atoms with Gasteiger partial charge in [-0.1, -0.05) is 178 Å². The molecule has 12 rings (SSSR count). The highest BCUT2D eigenvalue weighted by molar-refractivity contribution is 6.20. The molecular weight excluding hydrogens is 739 g/mol. The summed E-state index contributed by atoms with van der Waals surface area (Å²) in [6, 6.07) is 77.5. The van der Waals surface area contributed by atoms with E-state index in [0.29, 0.717) is 0 Å². The second-order valence-corrected chi connectivity index (χ2v) is 16.9. The molecule has 0 spiro atoms. The van der Waals surface area contributed by atoms with Gasteiger partial charge in [0.05, 0.1) is 5.69 Å². The normalized spacial score (nSPS) is 12.9. The Kier molecular flexibility index (Phi) is 7.92. The molecule has 61 heavy (non-hydrogen) atoms. The zero-order chi connectivity index (χ0) is 40.7. The molecule has 2 heteroatoms. The lowest BCUT2D eigenvalue weighted by Gasteiger charge is -2.30. The molecule has 288 valence electrons. The SMILES string of the molecule is CC1(C)c2ccccc2-c2ccc(N(c3ccc(-c4ccccc4)cc3)c3cc4c(cc3-c3ccc5ccccc5c3)oc3c5ccccc5c(-c5ccccc5)cc43)cc21. The molecule has 0 amide bonds. The molecule has 11 aromatic rings. The third-order valence-electron chi connectivity index (χ3n) is 13.0. The van der Waals surface area contributed by atoms with Crippen molar-refractivity contribution in [1.29, 1.82) is 0 Å². The molecule has 10 aromatic carbocycles. The summed E-state index contributed by atoms with van der Waals surface area (Å²) in [6.45, 7) is 4.72. The number of hydrogen-bond donors (Lipinski definition) is 0. The highest BCUT2D eigenvalue weighted by Crippen LogP contribution is 2.52. The van der Waals surface area contributed by atoms with Crippen LogP contribution in [0.1, 0.15) is 25.0 Å². The fraction of sp³-hybridized carbons (Fsp3) is 0.0508. The quantitative estimate of drug-likeness (QED) is 0.167. The van der Waals surface area contributed by atoms with Crippen LogP contribution in [0.25, 0.3) is 88.0 Å². The third-order valence-corrected chi connectivity index (χ3v) is 13.0. The van der Waals surface area contributed by atoms with Gasteiger partial charge < -0.3 is 9.32 Å². The Labute approximate surface area is 355 Å². The van der Waals surface area contributed by atoms with Crippen molar-refractivity contribution in [3.8, 4) is 44.5 Å². The maximum absolute atomic E-state index is 7.02. The molecule has 0 radical (unpaired) electrons. The van der Waals surface area contributed by atoms with Gasteiger partial charge >= 0.3 is 0 Å². The van der Waals surface area contributed by atoms with Crippen molar-refractivity contribution >= 4 is 60.5 Å². The van der Waals surface area contributed by atoms with Gasteiger partial charge in [0.15, 0.2) is 0 Å². The van der Waals surface area contributed by atoms with Gasteiger partial charge in [0.25, 0.3) is 0 Å². The molecule has 0 unspecified atom stereocenters. The maximum Gasteiger partial charge on any atom is 0.143 e. The Morgan fingerprint density at radius 1 is 0.361 bits per heavy atom. The van der Waals surface area contributed by atoms with E-state index < -0.39 is 0 Å². The van der Waals surface area contributed by atoms with Gasteiger partial charge in [-0.15, -0.1) is 0 Å². The molecule has 1 aliphatic rings. The Morgan fingerprint density at radius 3 is 1.79 bits per heavy atom. The number of anilines is 3. The first-order chi connectivity index (χ1) is 30.0. The summed E-state index contributed by atoms with van der Waals surface area (Å²) in [4.78, 5) is 2.47. The lowest BCUT2D eigenvalue weighted by Crippen LogP contribution is -2.17. The summed E-state index contributed by atoms with van der Waals surface area (Å²) >= 11 is 0. The van der Waals surface area contributed by atoms with E-state index in [1.54, 1.807) is 0 Å². The largest absolute Gasteiger partial charge is 0.455 e. The lowest BCUT2D eigenvalue weighted by atomic mass is 9.82. The van der Waals surface area contributed by atoms with Crippen LogP contribution in [0.2, 0.25) is 0 Å². The number of rotatable bonds is 6. The topological polar surface area (TPSA) is 16.4 Å². The van der Waals surface area contributed by atoms with Crippen LogP contribution in [0.5, 0.6) is 0 Å². The van der Waals surface area contributed by atoms with Crippen LogP contribution in [-0.2, 0) is 5.41 Å². The third kappa shape index (κ3) is 5.64. The van der Waals surface area contributed by atoms with Gasteiger partial charge in [0.1, 0.15) is 11.2 Å². The fourth-order valence-electron chi connectivity index (χ4n) is 9.95. The first kappa shape index (κ1) is 35.3. The Bertz CT molecular complexity index is 3490. The van der Waals surface area contributed by atoms with Gasteiger partial charge in [0.2, 0.25) is 0 Å². The minimum absolute atomic E-state index is 0.161. The van der Waals surface area contributed by atoms with Crippen molar-refractivity contribution in [2.75, 3.05) is 4.90 Å². The molecule has 0 saturated carbocycles. The van der Waals surface area contributed by atoms with Crippen LogP contribution in [0, 0.1) is 0 Å². The molecule has 1 heterocycles. The summed E-state index contributed by atoms with van der Waals surface area (Å²) < 4.78 is 7.02. The number of nitrogens with zero attached hydrogens (tertiary/aromatic N) is 1. The average Bonchev–Trinajstić information content (AvgIpc) is 3.80. The first-order valence-electron chi connectivity index (χ1n) is 21.2. The van der Waals surface area contributed by atoms with E-state index in [9.17, 15) is 0 Å². The molecule has 0 atom stereocenters. The number of fused-ring (bicyclic) bond motifs is 9. The molecule has 0 N–H and O–H groups in total. The van der Waals surface area contributed by atoms with Crippen LogP contribution in [0.4, 0.5) is 17.1 Å². The van der Waals surface area contributed by atoms with E-state index in [4.69, 9.17) is 4.42 Å². The van der Waals surface area contributed by atoms with Crippen molar-refractivity contribution in [2.24, 2.45) is 0 Å². The minimum Gasteiger partial charge on any atom is -0.455 e. The van der Waals surface area contributed by atoms with Crippen LogP contribution >= 0.6 is 0 Å². The monoisotopic (exact) mass is 779 g/mol. The van der Waals surface area contributed by atoms with E-state index in [2.05, 4.69) is 231 Å². The van der Waals surface area contributed by atoms with Crippen LogP contribution < -0.4 is 4.90 Å². The van der Waals surface area contributed by atoms with Crippen molar-refractivity contribution in [3.63, 3.8) is 0 Å². The zero-order valence-electron chi connectivity index (χ0n) is 34.1. The van der Waals surface area contributed by atoms with Crippen LogP contribution in [-0.4, -0.2) is 0 Å². The molecule has 0 fully saturated rings. The van der Waals surface area contributed by atoms with E-state index in [-0.39, 0.29) is 5.41 Å². The van der Waals surface area contributed by atoms with Gasteiger partial charge in [-0.3, -0.25) is 0 Å². The van der Waals surface area contributed by atoms with E-state index in [1.165, 1.54) is 60.7 Å². The van der Waals surface area contributed by atoms with Gasteiger partial charge in [0, 0.05) is 38.5 Å². The molecule has 0 saturated heterocycles.